The maximum atomic E-state index is 13.6. The van der Waals surface area contributed by atoms with Crippen molar-refractivity contribution in [2.24, 2.45) is 0 Å². The molecule has 0 unspecified atom stereocenters. The van der Waals surface area contributed by atoms with Crippen LogP contribution in [0.15, 0.2) is 42.5 Å². The van der Waals surface area contributed by atoms with Crippen LogP contribution >= 0.6 is 11.6 Å². The fourth-order valence-corrected chi connectivity index (χ4v) is 2.11. The number of benzene rings is 2. The quantitative estimate of drug-likeness (QED) is 0.624. The highest BCUT2D eigenvalue weighted by Gasteiger charge is 2.16. The predicted molar refractivity (Wildman–Crippen MR) is 91.4 cm³/mol. The van der Waals surface area contributed by atoms with Crippen LogP contribution in [0.5, 0.6) is 0 Å². The first-order valence-electron chi connectivity index (χ1n) is 7.46. The van der Waals surface area contributed by atoms with Gasteiger partial charge in [-0.05, 0) is 42.5 Å². The molecular weight excluding hydrogens is 349 g/mol. The van der Waals surface area contributed by atoms with Gasteiger partial charge in [0.15, 0.2) is 12.4 Å². The van der Waals surface area contributed by atoms with Crippen molar-refractivity contribution in [2.45, 2.75) is 13.3 Å². The van der Waals surface area contributed by atoms with Crippen LogP contribution in [-0.2, 0) is 9.53 Å². The third kappa shape index (κ3) is 5.12. The highest BCUT2D eigenvalue weighted by Crippen LogP contribution is 2.16. The monoisotopic (exact) mass is 363 g/mol. The number of hydrogen-bond acceptors (Lipinski definition) is 4. The van der Waals surface area contributed by atoms with E-state index in [1.807, 2.05) is 0 Å². The van der Waals surface area contributed by atoms with Gasteiger partial charge in [-0.3, -0.25) is 9.59 Å². The number of rotatable bonds is 6. The summed E-state index contributed by atoms with van der Waals surface area (Å²) >= 11 is 5.71. The molecule has 130 valence electrons. The third-order valence-corrected chi connectivity index (χ3v) is 3.53. The Hall–Kier alpha value is -2.73. The Labute approximate surface area is 148 Å². The number of anilines is 1. The van der Waals surface area contributed by atoms with Crippen LogP contribution in [0.3, 0.4) is 0 Å². The van der Waals surface area contributed by atoms with Crippen molar-refractivity contribution in [3.8, 4) is 0 Å². The Morgan fingerprint density at radius 2 is 1.80 bits per heavy atom. The molecule has 0 aliphatic carbocycles. The molecule has 1 amide bonds. The molecule has 0 atom stereocenters. The maximum absolute atomic E-state index is 13.6. The molecule has 0 heterocycles. The zero-order chi connectivity index (χ0) is 18.4. The Morgan fingerprint density at radius 3 is 2.44 bits per heavy atom. The van der Waals surface area contributed by atoms with Crippen molar-refractivity contribution in [2.75, 3.05) is 11.9 Å². The number of hydrogen-bond donors (Lipinski definition) is 1. The van der Waals surface area contributed by atoms with Crippen molar-refractivity contribution in [1.29, 1.82) is 0 Å². The molecule has 0 aromatic heterocycles. The lowest BCUT2D eigenvalue weighted by Gasteiger charge is -2.07. The predicted octanol–water partition coefficient (Wildman–Crippen LogP) is 3.87. The van der Waals surface area contributed by atoms with E-state index in [0.717, 1.165) is 12.1 Å². The number of carbonyl (C=O) groups excluding carboxylic acids is 3. The van der Waals surface area contributed by atoms with Crippen molar-refractivity contribution in [3.05, 3.63) is 64.4 Å². The first-order valence-corrected chi connectivity index (χ1v) is 7.83. The van der Waals surface area contributed by atoms with E-state index in [0.29, 0.717) is 17.7 Å². The van der Waals surface area contributed by atoms with Gasteiger partial charge in [0.2, 0.25) is 5.91 Å². The van der Waals surface area contributed by atoms with E-state index in [9.17, 15) is 18.8 Å². The molecule has 2 aromatic rings. The molecule has 2 aromatic carbocycles. The molecular formula is C18H15ClFNO4. The molecule has 5 nitrogen and oxygen atoms in total. The van der Waals surface area contributed by atoms with E-state index in [-0.39, 0.29) is 16.5 Å². The highest BCUT2D eigenvalue weighted by molar-refractivity contribution is 6.30. The van der Waals surface area contributed by atoms with Crippen molar-refractivity contribution in [1.82, 2.24) is 0 Å². The Morgan fingerprint density at radius 1 is 1.12 bits per heavy atom. The Kier molecular flexibility index (Phi) is 6.25. The molecule has 0 aliphatic heterocycles. The van der Waals surface area contributed by atoms with Gasteiger partial charge in [-0.1, -0.05) is 18.5 Å². The summed E-state index contributed by atoms with van der Waals surface area (Å²) in [5.74, 6) is -2.35. The summed E-state index contributed by atoms with van der Waals surface area (Å²) in [6.07, 6.45) is 0.344. The van der Waals surface area contributed by atoms with E-state index in [4.69, 9.17) is 16.3 Å². The van der Waals surface area contributed by atoms with Crippen LogP contribution < -0.4 is 5.32 Å². The largest absolute Gasteiger partial charge is 0.454 e. The number of esters is 1. The maximum Gasteiger partial charge on any atom is 0.341 e. The van der Waals surface area contributed by atoms with Gasteiger partial charge >= 0.3 is 5.97 Å². The minimum atomic E-state index is -0.972. The average molecular weight is 364 g/mol. The SMILES string of the molecule is CCC(=O)Nc1ccc(C(=O)COC(=O)c2cc(Cl)ccc2F)cc1. The van der Waals surface area contributed by atoms with Crippen LogP contribution in [0.25, 0.3) is 0 Å². The summed E-state index contributed by atoms with van der Waals surface area (Å²) in [5, 5.41) is 2.84. The minimum absolute atomic E-state index is 0.142. The number of nitrogens with one attached hydrogen (secondary N) is 1. The smallest absolute Gasteiger partial charge is 0.341 e. The number of amides is 1. The van der Waals surface area contributed by atoms with Crippen LogP contribution in [0.2, 0.25) is 5.02 Å². The minimum Gasteiger partial charge on any atom is -0.454 e. The zero-order valence-electron chi connectivity index (χ0n) is 13.3. The first kappa shape index (κ1) is 18.6. The summed E-state index contributed by atoms with van der Waals surface area (Å²) < 4.78 is 18.4. The molecule has 1 N–H and O–H groups in total. The van der Waals surface area contributed by atoms with E-state index in [2.05, 4.69) is 5.32 Å². The topological polar surface area (TPSA) is 72.5 Å². The second-order valence-corrected chi connectivity index (χ2v) is 5.54. The van der Waals surface area contributed by atoms with Gasteiger partial charge < -0.3 is 10.1 Å². The van der Waals surface area contributed by atoms with Gasteiger partial charge in [-0.15, -0.1) is 0 Å². The summed E-state index contributed by atoms with van der Waals surface area (Å²) in [6.45, 7) is 1.19. The molecule has 0 spiro atoms. The van der Waals surface area contributed by atoms with Gasteiger partial charge in [0.05, 0.1) is 5.56 Å². The number of halogens is 2. The summed E-state index contributed by atoms with van der Waals surface area (Å²) in [4.78, 5) is 35.2. The molecule has 0 saturated carbocycles. The lowest BCUT2D eigenvalue weighted by atomic mass is 10.1. The average Bonchev–Trinajstić information content (AvgIpc) is 2.61. The molecule has 0 fully saturated rings. The van der Waals surface area contributed by atoms with Crippen LogP contribution in [0.1, 0.15) is 34.1 Å². The van der Waals surface area contributed by atoms with Gasteiger partial charge in [-0.2, -0.15) is 0 Å². The number of Topliss-reactive ketones (excluding diaryl/α,β-unsaturated/α-hetero) is 1. The second kappa shape index (κ2) is 8.39. The lowest BCUT2D eigenvalue weighted by molar-refractivity contribution is -0.115. The number of carbonyl (C=O) groups is 3. The molecule has 7 heteroatoms. The molecule has 25 heavy (non-hydrogen) atoms. The third-order valence-electron chi connectivity index (χ3n) is 3.29. The van der Waals surface area contributed by atoms with E-state index in [1.165, 1.54) is 18.2 Å². The molecule has 0 saturated heterocycles. The molecule has 2 rings (SSSR count). The molecule has 0 aliphatic rings. The van der Waals surface area contributed by atoms with Crippen molar-refractivity contribution in [3.63, 3.8) is 0 Å². The van der Waals surface area contributed by atoms with Gasteiger partial charge in [0.1, 0.15) is 5.82 Å². The van der Waals surface area contributed by atoms with Gasteiger partial charge in [-0.25, -0.2) is 9.18 Å². The lowest BCUT2D eigenvalue weighted by Crippen LogP contribution is -2.15. The Balaban J connectivity index is 1.96. The number of ether oxygens (including phenoxy) is 1. The molecule has 0 bridgehead atoms. The fourth-order valence-electron chi connectivity index (χ4n) is 1.93. The van der Waals surface area contributed by atoms with Gasteiger partial charge in [0, 0.05) is 22.7 Å². The van der Waals surface area contributed by atoms with Gasteiger partial charge in [0.25, 0.3) is 0 Å². The second-order valence-electron chi connectivity index (χ2n) is 5.10. The van der Waals surface area contributed by atoms with Crippen LogP contribution in [0, 0.1) is 5.82 Å². The summed E-state index contributed by atoms with van der Waals surface area (Å²) in [5.41, 5.74) is 0.521. The van der Waals surface area contributed by atoms with E-state index in [1.54, 1.807) is 19.1 Å². The van der Waals surface area contributed by atoms with E-state index < -0.39 is 24.2 Å². The van der Waals surface area contributed by atoms with Crippen LogP contribution in [-0.4, -0.2) is 24.3 Å². The highest BCUT2D eigenvalue weighted by atomic mass is 35.5. The normalized spacial score (nSPS) is 10.2. The first-order chi connectivity index (χ1) is 11.9. The zero-order valence-corrected chi connectivity index (χ0v) is 14.1. The standard InChI is InChI=1S/C18H15ClFNO4/c1-2-17(23)21-13-6-3-11(4-7-13)16(22)10-25-18(24)14-9-12(19)5-8-15(14)20/h3-9H,2,10H2,1H3,(H,21,23). The summed E-state index contributed by atoms with van der Waals surface area (Å²) in [7, 11) is 0. The van der Waals surface area contributed by atoms with Crippen molar-refractivity contribution < 1.29 is 23.5 Å². The molecule has 0 radical (unpaired) electrons. The van der Waals surface area contributed by atoms with E-state index >= 15 is 0 Å². The van der Waals surface area contributed by atoms with Crippen LogP contribution in [0.4, 0.5) is 10.1 Å². The fraction of sp³-hybridized carbons (Fsp3) is 0.167. The Bertz CT molecular complexity index is 805. The summed E-state index contributed by atoms with van der Waals surface area (Å²) in [6, 6.07) is 9.62. The van der Waals surface area contributed by atoms with Crippen molar-refractivity contribution >= 4 is 34.9 Å². The number of ketones is 1.